The van der Waals surface area contributed by atoms with Crippen LogP contribution in [0.4, 0.5) is 0 Å². The fourth-order valence-electron chi connectivity index (χ4n) is 1.36. The summed E-state index contributed by atoms with van der Waals surface area (Å²) < 4.78 is 10.5. The van der Waals surface area contributed by atoms with Gasteiger partial charge < -0.3 is 20.1 Å². The van der Waals surface area contributed by atoms with E-state index in [2.05, 4.69) is 10.6 Å². The first-order chi connectivity index (χ1) is 8.76. The lowest BCUT2D eigenvalue weighted by Gasteiger charge is -2.08. The van der Waals surface area contributed by atoms with Crippen LogP contribution in [0.1, 0.15) is 6.42 Å². The van der Waals surface area contributed by atoms with Crippen molar-refractivity contribution in [3.63, 3.8) is 0 Å². The zero-order chi connectivity index (χ0) is 13.2. The Bertz CT molecular complexity index is 352. The zero-order valence-corrected chi connectivity index (χ0v) is 10.9. The molecule has 100 valence electrons. The van der Waals surface area contributed by atoms with Crippen molar-refractivity contribution in [2.45, 2.75) is 6.42 Å². The quantitative estimate of drug-likeness (QED) is 0.672. The molecule has 0 saturated heterocycles. The monoisotopic (exact) mass is 252 g/mol. The first kappa shape index (κ1) is 14.3. The molecule has 0 saturated carbocycles. The van der Waals surface area contributed by atoms with Gasteiger partial charge in [0.15, 0.2) is 0 Å². The van der Waals surface area contributed by atoms with Crippen molar-refractivity contribution in [3.05, 3.63) is 24.3 Å². The van der Waals surface area contributed by atoms with E-state index in [9.17, 15) is 4.79 Å². The Balaban J connectivity index is 2.15. The molecule has 0 aliphatic carbocycles. The summed E-state index contributed by atoms with van der Waals surface area (Å²) in [6.07, 6.45) is 0.485. The molecular weight excluding hydrogens is 232 g/mol. The highest BCUT2D eigenvalue weighted by molar-refractivity contribution is 5.75. The topological polar surface area (TPSA) is 59.6 Å². The summed E-state index contributed by atoms with van der Waals surface area (Å²) in [6, 6.07) is 7.34. The van der Waals surface area contributed by atoms with Gasteiger partial charge in [0.25, 0.3) is 0 Å². The maximum absolute atomic E-state index is 11.3. The molecule has 0 unspecified atom stereocenters. The summed E-state index contributed by atoms with van der Waals surface area (Å²) in [5.41, 5.74) is 0. The Morgan fingerprint density at radius 3 is 2.44 bits per heavy atom. The van der Waals surface area contributed by atoms with Gasteiger partial charge in [-0.3, -0.25) is 4.79 Å². The highest BCUT2D eigenvalue weighted by atomic mass is 16.5. The maximum atomic E-state index is 11.3. The Hall–Kier alpha value is -1.75. The molecule has 0 bridgehead atoms. The van der Waals surface area contributed by atoms with Crippen molar-refractivity contribution >= 4 is 5.91 Å². The van der Waals surface area contributed by atoms with Gasteiger partial charge in [-0.05, 0) is 31.3 Å². The van der Waals surface area contributed by atoms with Crippen molar-refractivity contribution in [1.29, 1.82) is 0 Å². The third-order valence-corrected chi connectivity index (χ3v) is 2.35. The van der Waals surface area contributed by atoms with Crippen LogP contribution in [0, 0.1) is 0 Å². The lowest BCUT2D eigenvalue weighted by molar-refractivity contribution is -0.121. The molecule has 1 aromatic carbocycles. The largest absolute Gasteiger partial charge is 0.497 e. The van der Waals surface area contributed by atoms with Gasteiger partial charge in [0.05, 0.1) is 13.7 Å². The zero-order valence-electron chi connectivity index (χ0n) is 10.9. The van der Waals surface area contributed by atoms with E-state index < -0.39 is 0 Å². The number of amides is 1. The van der Waals surface area contributed by atoms with Crippen LogP contribution in [-0.2, 0) is 4.79 Å². The number of nitrogens with one attached hydrogen (secondary N) is 2. The van der Waals surface area contributed by atoms with Crippen molar-refractivity contribution in [2.24, 2.45) is 0 Å². The minimum atomic E-state index is 0.0303. The van der Waals surface area contributed by atoms with Crippen LogP contribution in [0.15, 0.2) is 24.3 Å². The van der Waals surface area contributed by atoms with E-state index in [0.717, 1.165) is 11.5 Å². The lowest BCUT2D eigenvalue weighted by Crippen LogP contribution is -2.30. The third-order valence-electron chi connectivity index (χ3n) is 2.35. The molecule has 0 fully saturated rings. The van der Waals surface area contributed by atoms with Gasteiger partial charge in [-0.25, -0.2) is 0 Å². The van der Waals surface area contributed by atoms with Crippen molar-refractivity contribution in [2.75, 3.05) is 33.9 Å². The fourth-order valence-corrected chi connectivity index (χ4v) is 1.36. The maximum Gasteiger partial charge on any atom is 0.221 e. The first-order valence-corrected chi connectivity index (χ1v) is 5.94. The number of hydrogen-bond acceptors (Lipinski definition) is 4. The molecular formula is C13H20N2O3. The Labute approximate surface area is 107 Å². The van der Waals surface area contributed by atoms with Crippen LogP contribution in [0.5, 0.6) is 11.5 Å². The summed E-state index contributed by atoms with van der Waals surface area (Å²) >= 11 is 0. The molecule has 0 radical (unpaired) electrons. The number of rotatable bonds is 8. The molecule has 0 aliphatic heterocycles. The predicted molar refractivity (Wildman–Crippen MR) is 70.0 cm³/mol. The molecule has 1 amide bonds. The average Bonchev–Trinajstić information content (AvgIpc) is 2.42. The molecule has 0 atom stereocenters. The van der Waals surface area contributed by atoms with E-state index in [-0.39, 0.29) is 5.91 Å². The normalized spacial score (nSPS) is 9.89. The second-order valence-corrected chi connectivity index (χ2v) is 3.73. The van der Waals surface area contributed by atoms with Crippen molar-refractivity contribution < 1.29 is 14.3 Å². The molecule has 5 heteroatoms. The van der Waals surface area contributed by atoms with E-state index in [1.165, 1.54) is 0 Å². The molecule has 1 rings (SSSR count). The van der Waals surface area contributed by atoms with Gasteiger partial charge in [-0.1, -0.05) is 0 Å². The van der Waals surface area contributed by atoms with Crippen molar-refractivity contribution in [1.82, 2.24) is 10.6 Å². The minimum Gasteiger partial charge on any atom is -0.497 e. The predicted octanol–water partition coefficient (Wildman–Crippen LogP) is 0.800. The average molecular weight is 252 g/mol. The third kappa shape index (κ3) is 5.54. The van der Waals surface area contributed by atoms with E-state index >= 15 is 0 Å². The number of hydrogen-bond donors (Lipinski definition) is 2. The van der Waals surface area contributed by atoms with Gasteiger partial charge >= 0.3 is 0 Å². The van der Waals surface area contributed by atoms with Gasteiger partial charge in [-0.15, -0.1) is 0 Å². The lowest BCUT2D eigenvalue weighted by atomic mass is 10.3. The first-order valence-electron chi connectivity index (χ1n) is 5.94. The molecule has 0 heterocycles. The van der Waals surface area contributed by atoms with Crippen LogP contribution in [0.3, 0.4) is 0 Å². The van der Waals surface area contributed by atoms with Gasteiger partial charge in [-0.2, -0.15) is 0 Å². The molecule has 0 aromatic heterocycles. The van der Waals surface area contributed by atoms with Gasteiger partial charge in [0.2, 0.25) is 5.91 Å². The number of ether oxygens (including phenoxy) is 2. The van der Waals surface area contributed by atoms with Gasteiger partial charge in [0, 0.05) is 13.0 Å². The smallest absolute Gasteiger partial charge is 0.221 e. The van der Waals surface area contributed by atoms with Gasteiger partial charge in [0.1, 0.15) is 18.1 Å². The number of carbonyl (C=O) groups is 1. The van der Waals surface area contributed by atoms with E-state index in [4.69, 9.17) is 9.47 Å². The number of benzene rings is 1. The van der Waals surface area contributed by atoms with E-state index in [1.54, 1.807) is 7.11 Å². The minimum absolute atomic E-state index is 0.0303. The standard InChI is InChI=1S/C13H20N2O3/c1-14-8-7-13(16)15-9-10-18-12-5-3-11(17-2)4-6-12/h3-6,14H,7-10H2,1-2H3,(H,15,16). The summed E-state index contributed by atoms with van der Waals surface area (Å²) in [5.74, 6) is 1.59. The second kappa shape index (κ2) is 8.36. The molecule has 5 nitrogen and oxygen atoms in total. The second-order valence-electron chi connectivity index (χ2n) is 3.73. The summed E-state index contributed by atoms with van der Waals surface area (Å²) in [7, 11) is 3.44. The van der Waals surface area contributed by atoms with E-state index in [1.807, 2.05) is 31.3 Å². The molecule has 0 spiro atoms. The Morgan fingerprint density at radius 1 is 1.17 bits per heavy atom. The van der Waals surface area contributed by atoms with Crippen LogP contribution < -0.4 is 20.1 Å². The van der Waals surface area contributed by atoms with Crippen LogP contribution in [0.25, 0.3) is 0 Å². The summed E-state index contributed by atoms with van der Waals surface area (Å²) in [6.45, 7) is 1.65. The van der Waals surface area contributed by atoms with E-state index in [0.29, 0.717) is 26.1 Å². The number of methoxy groups -OCH3 is 1. The summed E-state index contributed by atoms with van der Waals surface area (Å²) in [5, 5.41) is 5.70. The van der Waals surface area contributed by atoms with Crippen molar-refractivity contribution in [3.8, 4) is 11.5 Å². The Kier molecular flexibility index (Phi) is 6.64. The highest BCUT2D eigenvalue weighted by Gasteiger charge is 1.99. The number of carbonyl (C=O) groups excluding carboxylic acids is 1. The van der Waals surface area contributed by atoms with Crippen LogP contribution in [-0.4, -0.2) is 39.8 Å². The SMILES string of the molecule is CNCCC(=O)NCCOc1ccc(OC)cc1. The fraction of sp³-hybridized carbons (Fsp3) is 0.462. The molecule has 18 heavy (non-hydrogen) atoms. The van der Waals surface area contributed by atoms with Crippen LogP contribution in [0.2, 0.25) is 0 Å². The molecule has 1 aromatic rings. The highest BCUT2D eigenvalue weighted by Crippen LogP contribution is 2.16. The van der Waals surface area contributed by atoms with Crippen LogP contribution >= 0.6 is 0 Å². The molecule has 2 N–H and O–H groups in total. The Morgan fingerprint density at radius 2 is 1.83 bits per heavy atom. The molecule has 0 aliphatic rings. The summed E-state index contributed by atoms with van der Waals surface area (Å²) in [4.78, 5) is 11.3.